The van der Waals surface area contributed by atoms with E-state index in [1.54, 1.807) is 0 Å². The molecule has 0 rings (SSSR count). The van der Waals surface area contributed by atoms with Gasteiger partial charge in [-0.15, -0.1) is 0 Å². The second-order valence-corrected chi connectivity index (χ2v) is 2.54. The van der Waals surface area contributed by atoms with E-state index in [9.17, 15) is 13.0 Å². The molecule has 0 fully saturated rings. The summed E-state index contributed by atoms with van der Waals surface area (Å²) in [5.41, 5.74) is 0. The maximum atomic E-state index is 9.44. The van der Waals surface area contributed by atoms with Crippen LogP contribution in [-0.4, -0.2) is 18.7 Å². The Morgan fingerprint density at radius 1 is 1.33 bits per heavy atom. The van der Waals surface area contributed by atoms with E-state index in [2.05, 4.69) is 0 Å². The molecule has 3 nitrogen and oxygen atoms in total. The first-order chi connectivity index (χ1) is 2.56. The van der Waals surface area contributed by atoms with E-state index >= 15 is 0 Å². The molecule has 0 N–H and O–H groups in total. The molecule has 0 saturated carbocycles. The average Bonchev–Trinajstić information content (AvgIpc) is 1.35. The minimum Gasteiger partial charge on any atom is -1.00 e. The summed E-state index contributed by atoms with van der Waals surface area (Å²) in [7, 11) is -3.91. The summed E-state index contributed by atoms with van der Waals surface area (Å²) in [6.07, 6.45) is 0. The molecular weight excluding hydrogens is 186 g/mol. The van der Waals surface area contributed by atoms with Gasteiger partial charge < -0.3 is 17.0 Å². The maximum absolute atomic E-state index is 9.44. The summed E-state index contributed by atoms with van der Waals surface area (Å²) in [4.78, 5) is 0. The first-order valence-corrected chi connectivity index (χ1v) is 3.07. The van der Waals surface area contributed by atoms with Crippen LogP contribution in [0.15, 0.2) is 0 Å². The molecular formula is C2H5ClNa2O3S. The Kier molecular flexibility index (Phi) is 25.5. The Morgan fingerprint density at radius 2 is 1.44 bits per heavy atom. The van der Waals surface area contributed by atoms with Gasteiger partial charge in [0.2, 0.25) is 0 Å². The van der Waals surface area contributed by atoms with Crippen molar-refractivity contribution in [1.29, 1.82) is 0 Å². The molecule has 0 bridgehead atoms. The SMILES string of the molecule is CCS(=O)(=O)[O-].[Cl-].[Na+].[Na+]. The van der Waals surface area contributed by atoms with Gasteiger partial charge in [-0.05, 0) is 0 Å². The minimum atomic E-state index is -3.91. The third-order valence-electron chi connectivity index (χ3n) is 0.354. The van der Waals surface area contributed by atoms with Crippen LogP contribution in [0.25, 0.3) is 0 Å². The van der Waals surface area contributed by atoms with Crippen LogP contribution in [0.5, 0.6) is 0 Å². The van der Waals surface area contributed by atoms with Crippen LogP contribution in [0, 0.1) is 0 Å². The predicted octanol–water partition coefficient (Wildman–Crippen LogP) is -9.44. The zero-order valence-electron chi connectivity index (χ0n) is 5.72. The Labute approximate surface area is 106 Å². The monoisotopic (exact) mass is 190 g/mol. The van der Waals surface area contributed by atoms with Crippen molar-refractivity contribution in [3.05, 3.63) is 0 Å². The largest absolute Gasteiger partial charge is 1.00 e. The molecule has 0 unspecified atom stereocenters. The molecule has 0 spiro atoms. The minimum absolute atomic E-state index is 0. The van der Waals surface area contributed by atoms with Crippen molar-refractivity contribution >= 4 is 10.1 Å². The first kappa shape index (κ1) is 22.5. The van der Waals surface area contributed by atoms with Crippen molar-refractivity contribution in [3.8, 4) is 0 Å². The molecule has 0 aliphatic rings. The van der Waals surface area contributed by atoms with Crippen molar-refractivity contribution in [2.45, 2.75) is 6.92 Å². The Morgan fingerprint density at radius 3 is 1.44 bits per heavy atom. The van der Waals surface area contributed by atoms with Crippen LogP contribution in [-0.2, 0) is 10.1 Å². The Bertz CT molecular complexity index is 122. The van der Waals surface area contributed by atoms with Gasteiger partial charge in [0.15, 0.2) is 0 Å². The van der Waals surface area contributed by atoms with Gasteiger partial charge in [0.05, 0.1) is 10.1 Å². The molecule has 0 aliphatic heterocycles. The van der Waals surface area contributed by atoms with Crippen LogP contribution < -0.4 is 71.5 Å². The molecule has 46 valence electrons. The standard InChI is InChI=1S/C2H6O3S.ClH.2Na/c1-2-6(3,4)5;;;/h2H2,1H3,(H,3,4,5);1H;;/q;;2*+1/p-2. The van der Waals surface area contributed by atoms with Gasteiger partial charge in [0, 0.05) is 5.75 Å². The van der Waals surface area contributed by atoms with E-state index < -0.39 is 10.1 Å². The summed E-state index contributed by atoms with van der Waals surface area (Å²) in [5, 5.41) is 0. The second-order valence-electron chi connectivity index (χ2n) is 0.846. The van der Waals surface area contributed by atoms with E-state index in [0.29, 0.717) is 0 Å². The van der Waals surface area contributed by atoms with Gasteiger partial charge in [-0.3, -0.25) is 0 Å². The summed E-state index contributed by atoms with van der Waals surface area (Å²) in [6, 6.07) is 0. The fraction of sp³-hybridized carbons (Fsp3) is 1.00. The summed E-state index contributed by atoms with van der Waals surface area (Å²) in [6.45, 7) is 1.31. The fourth-order valence-corrected chi connectivity index (χ4v) is 0. The fourth-order valence-electron chi connectivity index (χ4n) is 0. The van der Waals surface area contributed by atoms with Crippen LogP contribution in [0.2, 0.25) is 0 Å². The van der Waals surface area contributed by atoms with Crippen LogP contribution in [0.3, 0.4) is 0 Å². The molecule has 0 aromatic rings. The number of halogens is 1. The van der Waals surface area contributed by atoms with Crippen molar-refractivity contribution < 1.29 is 84.5 Å². The van der Waals surface area contributed by atoms with Crippen molar-refractivity contribution in [1.82, 2.24) is 0 Å². The molecule has 0 aliphatic carbocycles. The molecule has 0 aromatic heterocycles. The Hall–Kier alpha value is 2.20. The van der Waals surface area contributed by atoms with Gasteiger partial charge in [-0.1, -0.05) is 6.92 Å². The van der Waals surface area contributed by atoms with Crippen LogP contribution in [0.1, 0.15) is 6.92 Å². The number of hydrogen-bond donors (Lipinski definition) is 0. The first-order valence-electron chi connectivity index (χ1n) is 1.50. The van der Waals surface area contributed by atoms with E-state index in [0.717, 1.165) is 0 Å². The third-order valence-corrected chi connectivity index (χ3v) is 1.06. The molecule has 0 amide bonds. The van der Waals surface area contributed by atoms with Crippen molar-refractivity contribution in [2.24, 2.45) is 0 Å². The van der Waals surface area contributed by atoms with Gasteiger partial charge in [-0.2, -0.15) is 0 Å². The zero-order valence-corrected chi connectivity index (χ0v) is 11.3. The maximum Gasteiger partial charge on any atom is 1.00 e. The summed E-state index contributed by atoms with van der Waals surface area (Å²) < 4.78 is 28.3. The molecule has 0 saturated heterocycles. The molecule has 0 aromatic carbocycles. The van der Waals surface area contributed by atoms with E-state index in [1.807, 2.05) is 0 Å². The summed E-state index contributed by atoms with van der Waals surface area (Å²) in [5.74, 6) is -0.312. The van der Waals surface area contributed by atoms with Crippen LogP contribution >= 0.6 is 0 Å². The van der Waals surface area contributed by atoms with Crippen molar-refractivity contribution in [2.75, 3.05) is 5.75 Å². The zero-order chi connectivity index (χ0) is 5.21. The quantitative estimate of drug-likeness (QED) is 0.305. The smallest absolute Gasteiger partial charge is 1.00 e. The van der Waals surface area contributed by atoms with Gasteiger partial charge in [-0.25, -0.2) is 8.42 Å². The predicted molar refractivity (Wildman–Crippen MR) is 20.2 cm³/mol. The summed E-state index contributed by atoms with van der Waals surface area (Å²) >= 11 is 0. The van der Waals surface area contributed by atoms with Gasteiger partial charge in [0.25, 0.3) is 0 Å². The third kappa shape index (κ3) is 25.4. The molecule has 0 atom stereocenters. The normalized spacial score (nSPS) is 7.78. The van der Waals surface area contributed by atoms with Gasteiger partial charge >= 0.3 is 59.1 Å². The molecule has 0 radical (unpaired) electrons. The number of rotatable bonds is 1. The van der Waals surface area contributed by atoms with E-state index in [-0.39, 0.29) is 77.3 Å². The molecule has 0 heterocycles. The van der Waals surface area contributed by atoms with Gasteiger partial charge in [0.1, 0.15) is 0 Å². The number of hydrogen-bond acceptors (Lipinski definition) is 3. The Balaban J connectivity index is -0.0000000417. The second kappa shape index (κ2) is 10.2. The van der Waals surface area contributed by atoms with Crippen LogP contribution in [0.4, 0.5) is 0 Å². The molecule has 7 heteroatoms. The average molecular weight is 191 g/mol. The van der Waals surface area contributed by atoms with E-state index in [1.165, 1.54) is 6.92 Å². The van der Waals surface area contributed by atoms with Crippen molar-refractivity contribution in [3.63, 3.8) is 0 Å². The topological polar surface area (TPSA) is 57.2 Å². The molecule has 9 heavy (non-hydrogen) atoms. The van der Waals surface area contributed by atoms with E-state index in [4.69, 9.17) is 0 Å².